The molecule has 1 aromatic carbocycles. The Kier molecular flexibility index (Phi) is 7.07. The first-order valence-electron chi connectivity index (χ1n) is 9.08. The Balaban J connectivity index is 3.19. The Morgan fingerprint density at radius 2 is 1.62 bits per heavy atom. The molecule has 1 amide bonds. The van der Waals surface area contributed by atoms with E-state index in [1.807, 2.05) is 51.1 Å². The van der Waals surface area contributed by atoms with E-state index in [0.717, 1.165) is 5.56 Å². The highest BCUT2D eigenvalue weighted by atomic mass is 28.4. The van der Waals surface area contributed by atoms with Gasteiger partial charge in [0.1, 0.15) is 6.10 Å². The fraction of sp³-hybridized carbons (Fsp3) is 0.650. The molecule has 1 aromatic rings. The Morgan fingerprint density at radius 3 is 2.00 bits per heavy atom. The maximum Gasteiger partial charge on any atom is 0.408 e. The zero-order chi connectivity index (χ0) is 20.3. The molecule has 5 nitrogen and oxygen atoms in total. The Labute approximate surface area is 159 Å². The van der Waals surface area contributed by atoms with Crippen LogP contribution in [0.4, 0.5) is 4.79 Å². The normalized spacial score (nSPS) is 15.4. The van der Waals surface area contributed by atoms with Crippen LogP contribution in [0.15, 0.2) is 30.3 Å². The summed E-state index contributed by atoms with van der Waals surface area (Å²) in [7, 11) is -2.05. The van der Waals surface area contributed by atoms with Crippen LogP contribution in [0.3, 0.4) is 0 Å². The second kappa shape index (κ2) is 8.11. The minimum Gasteiger partial charge on any atom is -0.465 e. The van der Waals surface area contributed by atoms with Gasteiger partial charge in [0.05, 0.1) is 12.6 Å². The van der Waals surface area contributed by atoms with Crippen LogP contribution in [0.25, 0.3) is 0 Å². The molecule has 2 N–H and O–H groups in total. The first-order valence-corrected chi connectivity index (χ1v) is 12.0. The van der Waals surface area contributed by atoms with Crippen molar-refractivity contribution >= 4 is 14.4 Å². The van der Waals surface area contributed by atoms with Gasteiger partial charge in [-0.1, -0.05) is 51.1 Å². The summed E-state index contributed by atoms with van der Waals surface area (Å²) in [5, 5.41) is 20.8. The lowest BCUT2D eigenvalue weighted by atomic mass is 9.95. The molecular weight excluding hydrogens is 346 g/mol. The molecule has 0 aliphatic carbocycles. The summed E-state index contributed by atoms with van der Waals surface area (Å²) in [5.74, 6) is 0. The standard InChI is InChI=1S/C20H35NO4Si/c1-19(2,3)21(18(23)24)17(15-12-10-9-11-13-15)16(22)14-25-26(7,8)20(4,5)6/h9-13,16-17,22H,14H2,1-8H3,(H,23,24)/t16-,17-/m1/s1. The lowest BCUT2D eigenvalue weighted by molar-refractivity contribution is -0.0145. The number of rotatable bonds is 6. The van der Waals surface area contributed by atoms with Crippen LogP contribution in [0.5, 0.6) is 0 Å². The average Bonchev–Trinajstić information content (AvgIpc) is 2.48. The van der Waals surface area contributed by atoms with Crippen molar-refractivity contribution in [2.75, 3.05) is 6.61 Å². The number of hydrogen-bond acceptors (Lipinski definition) is 3. The Bertz CT molecular complexity index is 590. The Morgan fingerprint density at radius 1 is 1.12 bits per heavy atom. The number of aliphatic hydroxyl groups is 1. The number of carbonyl (C=O) groups is 1. The van der Waals surface area contributed by atoms with Gasteiger partial charge in [0, 0.05) is 5.54 Å². The molecule has 148 valence electrons. The minimum atomic E-state index is -2.05. The zero-order valence-corrected chi connectivity index (χ0v) is 18.4. The molecule has 6 heteroatoms. The maximum absolute atomic E-state index is 12.0. The van der Waals surface area contributed by atoms with E-state index in [4.69, 9.17) is 4.43 Å². The summed E-state index contributed by atoms with van der Waals surface area (Å²) in [6.45, 7) is 16.3. The highest BCUT2D eigenvalue weighted by molar-refractivity contribution is 6.74. The number of nitrogens with zero attached hydrogens (tertiary/aromatic N) is 1. The fourth-order valence-electron chi connectivity index (χ4n) is 2.62. The summed E-state index contributed by atoms with van der Waals surface area (Å²) < 4.78 is 6.17. The second-order valence-electron chi connectivity index (χ2n) is 9.32. The fourth-order valence-corrected chi connectivity index (χ4v) is 3.64. The van der Waals surface area contributed by atoms with Crippen molar-refractivity contribution < 1.29 is 19.4 Å². The lowest BCUT2D eigenvalue weighted by Crippen LogP contribution is -2.52. The number of amides is 1. The number of benzene rings is 1. The van der Waals surface area contributed by atoms with Crippen LogP contribution in [-0.4, -0.2) is 47.8 Å². The Hall–Kier alpha value is -1.37. The van der Waals surface area contributed by atoms with Crippen LogP contribution in [-0.2, 0) is 4.43 Å². The quantitative estimate of drug-likeness (QED) is 0.688. The van der Waals surface area contributed by atoms with Crippen molar-refractivity contribution in [3.05, 3.63) is 35.9 Å². The largest absolute Gasteiger partial charge is 0.465 e. The first-order chi connectivity index (χ1) is 11.7. The second-order valence-corrected chi connectivity index (χ2v) is 14.1. The number of carboxylic acid groups (broad SMARTS) is 1. The van der Waals surface area contributed by atoms with E-state index in [2.05, 4.69) is 33.9 Å². The van der Waals surface area contributed by atoms with E-state index >= 15 is 0 Å². The van der Waals surface area contributed by atoms with Crippen molar-refractivity contribution in [2.24, 2.45) is 0 Å². The van der Waals surface area contributed by atoms with Gasteiger partial charge in [-0.2, -0.15) is 0 Å². The van der Waals surface area contributed by atoms with Gasteiger partial charge in [-0.15, -0.1) is 0 Å². The summed E-state index contributed by atoms with van der Waals surface area (Å²) in [4.78, 5) is 13.3. The van der Waals surface area contributed by atoms with E-state index in [9.17, 15) is 15.0 Å². The van der Waals surface area contributed by atoms with E-state index in [-0.39, 0.29) is 11.6 Å². The summed E-state index contributed by atoms with van der Waals surface area (Å²) >= 11 is 0. The van der Waals surface area contributed by atoms with Crippen molar-refractivity contribution in [2.45, 2.75) is 77.4 Å². The maximum atomic E-state index is 12.0. The summed E-state index contributed by atoms with van der Waals surface area (Å²) in [6, 6.07) is 8.59. The molecule has 0 unspecified atom stereocenters. The van der Waals surface area contributed by atoms with Crippen molar-refractivity contribution in [3.8, 4) is 0 Å². The lowest BCUT2D eigenvalue weighted by Gasteiger charge is -2.43. The highest BCUT2D eigenvalue weighted by Crippen LogP contribution is 2.38. The monoisotopic (exact) mass is 381 g/mol. The van der Waals surface area contributed by atoms with Crippen LogP contribution in [0, 0.1) is 0 Å². The number of aliphatic hydroxyl groups excluding tert-OH is 1. The van der Waals surface area contributed by atoms with E-state index in [1.54, 1.807) is 0 Å². The van der Waals surface area contributed by atoms with Gasteiger partial charge < -0.3 is 14.6 Å². The van der Waals surface area contributed by atoms with Crippen LogP contribution in [0.1, 0.15) is 53.1 Å². The predicted octanol–water partition coefficient (Wildman–Crippen LogP) is 4.89. The van der Waals surface area contributed by atoms with Crippen molar-refractivity contribution in [3.63, 3.8) is 0 Å². The topological polar surface area (TPSA) is 70.0 Å². The molecule has 1 rings (SSSR count). The molecule has 0 radical (unpaired) electrons. The molecule has 0 aliphatic rings. The highest BCUT2D eigenvalue weighted by Gasteiger charge is 2.41. The summed E-state index contributed by atoms with van der Waals surface area (Å²) in [6.07, 6.45) is -2.01. The van der Waals surface area contributed by atoms with E-state index < -0.39 is 32.1 Å². The minimum absolute atomic E-state index is 0.0193. The van der Waals surface area contributed by atoms with Crippen LogP contribution < -0.4 is 0 Å². The van der Waals surface area contributed by atoms with Crippen molar-refractivity contribution in [1.82, 2.24) is 4.90 Å². The van der Waals surface area contributed by atoms with Gasteiger partial charge in [-0.05, 0) is 44.5 Å². The van der Waals surface area contributed by atoms with E-state index in [1.165, 1.54) is 4.90 Å². The van der Waals surface area contributed by atoms with Gasteiger partial charge in [-0.25, -0.2) is 4.79 Å². The molecule has 2 atom stereocenters. The smallest absolute Gasteiger partial charge is 0.408 e. The molecular formula is C20H35NO4Si. The molecule has 0 aromatic heterocycles. The molecule has 0 aliphatic heterocycles. The van der Waals surface area contributed by atoms with Gasteiger partial charge in [-0.3, -0.25) is 4.90 Å². The molecule has 0 saturated heterocycles. The van der Waals surface area contributed by atoms with Gasteiger partial charge >= 0.3 is 6.09 Å². The predicted molar refractivity (Wildman–Crippen MR) is 108 cm³/mol. The molecule has 0 heterocycles. The van der Waals surface area contributed by atoms with E-state index in [0.29, 0.717) is 0 Å². The van der Waals surface area contributed by atoms with Gasteiger partial charge in [0.15, 0.2) is 8.32 Å². The third kappa shape index (κ3) is 5.56. The van der Waals surface area contributed by atoms with Crippen LogP contribution in [0.2, 0.25) is 18.1 Å². The first kappa shape index (κ1) is 22.7. The average molecular weight is 382 g/mol. The third-order valence-electron chi connectivity index (χ3n) is 5.13. The third-order valence-corrected chi connectivity index (χ3v) is 9.63. The molecule has 0 fully saturated rings. The molecule has 0 saturated carbocycles. The number of hydrogen-bond donors (Lipinski definition) is 2. The molecule has 0 bridgehead atoms. The summed E-state index contributed by atoms with van der Waals surface area (Å²) in [5.41, 5.74) is 0.0979. The van der Waals surface area contributed by atoms with Crippen LogP contribution >= 0.6 is 0 Å². The SMILES string of the molecule is CC(C)(C)N(C(=O)O)[C@H](c1ccccc1)[C@H](O)CO[Si](C)(C)C(C)(C)C. The van der Waals surface area contributed by atoms with Gasteiger partial charge in [0.2, 0.25) is 0 Å². The molecule has 26 heavy (non-hydrogen) atoms. The van der Waals surface area contributed by atoms with Crippen molar-refractivity contribution in [1.29, 1.82) is 0 Å². The zero-order valence-electron chi connectivity index (χ0n) is 17.4. The van der Waals surface area contributed by atoms with Gasteiger partial charge in [0.25, 0.3) is 0 Å². The molecule has 0 spiro atoms.